The number of carbonyl (C=O) groups excluding carboxylic acids is 1. The van der Waals surface area contributed by atoms with Gasteiger partial charge in [-0.25, -0.2) is 13.1 Å². The van der Waals surface area contributed by atoms with Gasteiger partial charge in [-0.1, -0.05) is 6.07 Å². The van der Waals surface area contributed by atoms with Crippen molar-refractivity contribution in [3.8, 4) is 11.5 Å². The van der Waals surface area contributed by atoms with Gasteiger partial charge in [-0.15, -0.1) is 0 Å². The molecule has 0 fully saturated rings. The molecule has 2 N–H and O–H groups in total. The Labute approximate surface area is 177 Å². The fourth-order valence-electron chi connectivity index (χ4n) is 3.47. The van der Waals surface area contributed by atoms with Gasteiger partial charge in [0.2, 0.25) is 10.0 Å². The number of benzene rings is 2. The van der Waals surface area contributed by atoms with Gasteiger partial charge in [0.05, 0.1) is 17.7 Å². The van der Waals surface area contributed by atoms with Crippen LogP contribution in [0.1, 0.15) is 37.8 Å². The molecular weight excluding hydrogens is 404 g/mol. The van der Waals surface area contributed by atoms with Crippen LogP contribution in [0.3, 0.4) is 0 Å². The maximum absolute atomic E-state index is 12.4. The van der Waals surface area contributed by atoms with E-state index in [9.17, 15) is 13.2 Å². The van der Waals surface area contributed by atoms with Crippen LogP contribution in [0.2, 0.25) is 0 Å². The van der Waals surface area contributed by atoms with E-state index in [4.69, 9.17) is 9.47 Å². The molecule has 2 aromatic rings. The normalized spacial score (nSPS) is 13.6. The number of nitrogens with one attached hydrogen (secondary N) is 2. The van der Waals surface area contributed by atoms with Gasteiger partial charge in [0.15, 0.2) is 6.61 Å². The van der Waals surface area contributed by atoms with E-state index < -0.39 is 15.9 Å². The maximum Gasteiger partial charge on any atom is 0.262 e. The van der Waals surface area contributed by atoms with Crippen molar-refractivity contribution in [3.05, 3.63) is 47.5 Å². The summed E-state index contributed by atoms with van der Waals surface area (Å²) in [5.74, 6) is 0.605. The first-order valence-electron chi connectivity index (χ1n) is 10.0. The molecule has 0 heterocycles. The van der Waals surface area contributed by atoms with Gasteiger partial charge in [-0.05, 0) is 81.0 Å². The number of hydrogen-bond donors (Lipinski definition) is 2. The topological polar surface area (TPSA) is 93.7 Å². The Kier molecular flexibility index (Phi) is 6.99. The lowest BCUT2D eigenvalue weighted by Crippen LogP contribution is -2.30. The molecule has 0 unspecified atom stereocenters. The summed E-state index contributed by atoms with van der Waals surface area (Å²) in [7, 11) is -2.24. The fourth-order valence-corrected chi connectivity index (χ4v) is 4.74. The van der Waals surface area contributed by atoms with Crippen LogP contribution >= 0.6 is 0 Å². The van der Waals surface area contributed by atoms with Crippen LogP contribution in [-0.4, -0.2) is 34.1 Å². The Morgan fingerprint density at radius 1 is 1.07 bits per heavy atom. The number of hydrogen-bond acceptors (Lipinski definition) is 5. The smallest absolute Gasteiger partial charge is 0.262 e. The molecule has 8 heteroatoms. The Morgan fingerprint density at radius 2 is 1.80 bits per heavy atom. The van der Waals surface area contributed by atoms with Gasteiger partial charge < -0.3 is 14.8 Å². The number of sulfonamides is 1. The molecule has 30 heavy (non-hydrogen) atoms. The minimum Gasteiger partial charge on any atom is -0.495 e. The lowest BCUT2D eigenvalue weighted by atomic mass is 9.92. The standard InChI is InChI=1S/C22H28N2O5S/c1-15(2)24-30(26,27)19-10-11-21(28-3)20(13-19)23-22(25)14-29-18-9-8-16-6-4-5-7-17(16)12-18/h8-13,15,24H,4-7,14H2,1-3H3,(H,23,25). The zero-order valence-electron chi connectivity index (χ0n) is 17.5. The van der Waals surface area contributed by atoms with Crippen molar-refractivity contribution in [1.29, 1.82) is 0 Å². The number of amides is 1. The molecule has 0 spiro atoms. The molecule has 162 valence electrons. The molecule has 0 saturated carbocycles. The van der Waals surface area contributed by atoms with Gasteiger partial charge in [0.1, 0.15) is 11.5 Å². The minimum absolute atomic E-state index is 0.0444. The van der Waals surface area contributed by atoms with E-state index >= 15 is 0 Å². The summed E-state index contributed by atoms with van der Waals surface area (Å²) in [6.07, 6.45) is 4.49. The second-order valence-electron chi connectivity index (χ2n) is 7.61. The molecule has 3 rings (SSSR count). The summed E-state index contributed by atoms with van der Waals surface area (Å²) < 4.78 is 38.3. The third-order valence-corrected chi connectivity index (χ3v) is 6.49. The van der Waals surface area contributed by atoms with Crippen molar-refractivity contribution in [2.75, 3.05) is 19.0 Å². The Hall–Kier alpha value is -2.58. The van der Waals surface area contributed by atoms with Crippen molar-refractivity contribution < 1.29 is 22.7 Å². The third kappa shape index (κ3) is 5.52. The number of anilines is 1. The largest absolute Gasteiger partial charge is 0.495 e. The number of aryl methyl sites for hydroxylation is 2. The van der Waals surface area contributed by atoms with Crippen LogP contribution in [0, 0.1) is 0 Å². The van der Waals surface area contributed by atoms with Gasteiger partial charge in [0.25, 0.3) is 5.91 Å². The maximum atomic E-state index is 12.4. The van der Waals surface area contributed by atoms with E-state index in [2.05, 4.69) is 16.1 Å². The highest BCUT2D eigenvalue weighted by molar-refractivity contribution is 7.89. The van der Waals surface area contributed by atoms with E-state index in [1.54, 1.807) is 13.8 Å². The van der Waals surface area contributed by atoms with Crippen LogP contribution in [0.15, 0.2) is 41.3 Å². The average molecular weight is 433 g/mol. The predicted molar refractivity (Wildman–Crippen MR) is 116 cm³/mol. The second-order valence-corrected chi connectivity index (χ2v) is 9.33. The molecule has 7 nitrogen and oxygen atoms in total. The van der Waals surface area contributed by atoms with Crippen LogP contribution in [-0.2, 0) is 27.7 Å². The van der Waals surface area contributed by atoms with E-state index in [0.717, 1.165) is 12.8 Å². The first kappa shape index (κ1) is 22.1. The quantitative estimate of drug-likeness (QED) is 0.668. The van der Waals surface area contributed by atoms with Gasteiger partial charge >= 0.3 is 0 Å². The summed E-state index contributed by atoms with van der Waals surface area (Å²) in [5.41, 5.74) is 2.88. The second kappa shape index (κ2) is 9.49. The molecule has 1 amide bonds. The Morgan fingerprint density at radius 3 is 2.50 bits per heavy atom. The number of rotatable bonds is 8. The summed E-state index contributed by atoms with van der Waals surface area (Å²) >= 11 is 0. The number of methoxy groups -OCH3 is 1. The molecule has 0 atom stereocenters. The summed E-state index contributed by atoms with van der Waals surface area (Å²) in [4.78, 5) is 12.5. The Bertz CT molecular complexity index is 1020. The lowest BCUT2D eigenvalue weighted by Gasteiger charge is -2.17. The number of fused-ring (bicyclic) bond motifs is 1. The van der Waals surface area contributed by atoms with Crippen molar-refractivity contribution in [1.82, 2.24) is 4.72 Å². The zero-order chi connectivity index (χ0) is 21.7. The van der Waals surface area contributed by atoms with Gasteiger partial charge in [-0.2, -0.15) is 0 Å². The highest BCUT2D eigenvalue weighted by Gasteiger charge is 2.19. The Balaban J connectivity index is 1.69. The highest BCUT2D eigenvalue weighted by Crippen LogP contribution is 2.28. The number of carbonyl (C=O) groups is 1. The van der Waals surface area contributed by atoms with Crippen molar-refractivity contribution in [3.63, 3.8) is 0 Å². The van der Waals surface area contributed by atoms with E-state index in [1.807, 2.05) is 12.1 Å². The van der Waals surface area contributed by atoms with Gasteiger partial charge in [0, 0.05) is 6.04 Å². The van der Waals surface area contributed by atoms with Crippen LogP contribution in [0.5, 0.6) is 11.5 Å². The van der Waals surface area contributed by atoms with Crippen molar-refractivity contribution in [2.45, 2.75) is 50.5 Å². The monoisotopic (exact) mass is 432 g/mol. The molecule has 0 aliphatic heterocycles. The van der Waals surface area contributed by atoms with Crippen molar-refractivity contribution >= 4 is 21.6 Å². The molecule has 1 aliphatic carbocycles. The molecule has 2 aromatic carbocycles. The van der Waals surface area contributed by atoms with E-state index in [0.29, 0.717) is 11.5 Å². The van der Waals surface area contributed by atoms with Crippen LogP contribution in [0.25, 0.3) is 0 Å². The van der Waals surface area contributed by atoms with Crippen LogP contribution < -0.4 is 19.5 Å². The molecule has 0 radical (unpaired) electrons. The van der Waals surface area contributed by atoms with Crippen LogP contribution in [0.4, 0.5) is 5.69 Å². The fraction of sp³-hybridized carbons (Fsp3) is 0.409. The van der Waals surface area contributed by atoms with E-state index in [-0.39, 0.29) is 23.2 Å². The first-order chi connectivity index (χ1) is 14.3. The van der Waals surface area contributed by atoms with Crippen molar-refractivity contribution in [2.24, 2.45) is 0 Å². The van der Waals surface area contributed by atoms with E-state index in [1.165, 1.54) is 49.3 Å². The number of ether oxygens (including phenoxy) is 2. The highest BCUT2D eigenvalue weighted by atomic mass is 32.2. The molecule has 1 aliphatic rings. The lowest BCUT2D eigenvalue weighted by molar-refractivity contribution is -0.118. The van der Waals surface area contributed by atoms with Gasteiger partial charge in [-0.3, -0.25) is 4.79 Å². The first-order valence-corrected chi connectivity index (χ1v) is 11.5. The zero-order valence-corrected chi connectivity index (χ0v) is 18.3. The molecular formula is C22H28N2O5S. The predicted octanol–water partition coefficient (Wildman–Crippen LogP) is 3.28. The average Bonchev–Trinajstić information content (AvgIpc) is 2.71. The molecule has 0 bridgehead atoms. The molecule has 0 saturated heterocycles. The summed E-state index contributed by atoms with van der Waals surface area (Å²) in [6.45, 7) is 3.28. The SMILES string of the molecule is COc1ccc(S(=O)(=O)NC(C)C)cc1NC(=O)COc1ccc2c(c1)CCCC2. The summed E-state index contributed by atoms with van der Waals surface area (Å²) in [5, 5.41) is 2.68. The molecule has 0 aromatic heterocycles. The minimum atomic E-state index is -3.70. The summed E-state index contributed by atoms with van der Waals surface area (Å²) in [6, 6.07) is 9.99. The third-order valence-electron chi connectivity index (χ3n) is 4.84.